The van der Waals surface area contributed by atoms with E-state index in [4.69, 9.17) is 4.74 Å². The van der Waals surface area contributed by atoms with Crippen LogP contribution in [0.3, 0.4) is 0 Å². The molecule has 48 heavy (non-hydrogen) atoms. The molecule has 0 fully saturated rings. The molecule has 0 aliphatic carbocycles. The number of carbonyl (C=O) groups is 2. The van der Waals surface area contributed by atoms with E-state index in [0.717, 1.165) is 50.3 Å². The molecule has 0 saturated carbocycles. The minimum Gasteiger partial charge on any atom is -0.497 e. The molecule has 5 aromatic rings. The Bertz CT molecular complexity index is 1980. The van der Waals surface area contributed by atoms with E-state index in [-0.39, 0.29) is 30.5 Å². The Kier molecular flexibility index (Phi) is 9.32. The number of benzene rings is 3. The van der Waals surface area contributed by atoms with Crippen LogP contribution in [0, 0.1) is 0 Å². The maximum Gasteiger partial charge on any atom is 0.416 e. The molecule has 1 aliphatic heterocycles. The van der Waals surface area contributed by atoms with Crippen LogP contribution in [-0.4, -0.2) is 69.5 Å². The summed E-state index contributed by atoms with van der Waals surface area (Å²) in [5.74, 6) is 0.167. The Hall–Kier alpha value is -5.03. The van der Waals surface area contributed by atoms with E-state index < -0.39 is 17.8 Å². The molecule has 0 bridgehead atoms. The molecule has 1 aliphatic rings. The maximum absolute atomic E-state index is 13.9. The quantitative estimate of drug-likeness (QED) is 0.167. The average Bonchev–Trinajstić information content (AvgIpc) is 3.68. The van der Waals surface area contributed by atoms with Crippen molar-refractivity contribution in [3.63, 3.8) is 0 Å². The zero-order valence-corrected chi connectivity index (χ0v) is 27.1. The van der Waals surface area contributed by atoms with Gasteiger partial charge in [0.1, 0.15) is 5.75 Å². The van der Waals surface area contributed by atoms with E-state index in [1.165, 1.54) is 36.9 Å². The van der Waals surface area contributed by atoms with Gasteiger partial charge in [-0.25, -0.2) is 5.01 Å². The highest BCUT2D eigenvalue weighted by Crippen LogP contribution is 2.34. The number of H-pyrrole nitrogens is 2. The summed E-state index contributed by atoms with van der Waals surface area (Å²) in [6.07, 6.45) is 2.45. The molecule has 1 atom stereocenters. The summed E-state index contributed by atoms with van der Waals surface area (Å²) in [4.78, 5) is 34.6. The second-order valence-corrected chi connectivity index (χ2v) is 12.1. The van der Waals surface area contributed by atoms with Crippen molar-refractivity contribution >= 4 is 39.2 Å². The predicted molar refractivity (Wildman–Crippen MR) is 180 cm³/mol. The molecule has 8 nitrogen and oxygen atoms in total. The summed E-state index contributed by atoms with van der Waals surface area (Å²) in [6.45, 7) is 3.61. The highest BCUT2D eigenvalue weighted by Gasteiger charge is 2.35. The van der Waals surface area contributed by atoms with Gasteiger partial charge in [-0.3, -0.25) is 14.6 Å². The van der Waals surface area contributed by atoms with Crippen LogP contribution in [0.25, 0.3) is 27.4 Å². The van der Waals surface area contributed by atoms with Crippen LogP contribution in [-0.2, 0) is 28.7 Å². The minimum atomic E-state index is -4.57. The van der Waals surface area contributed by atoms with Gasteiger partial charge >= 0.3 is 6.18 Å². The number of hydrazine groups is 1. The summed E-state index contributed by atoms with van der Waals surface area (Å²) in [5, 5.41) is 5.70. The summed E-state index contributed by atoms with van der Waals surface area (Å²) in [7, 11) is 1.64. The number of hydrogen-bond donors (Lipinski definition) is 2. The van der Waals surface area contributed by atoms with Gasteiger partial charge in [-0.2, -0.15) is 13.2 Å². The monoisotopic (exact) mass is 657 g/mol. The number of para-hydroxylation sites is 1. The van der Waals surface area contributed by atoms with Gasteiger partial charge in [0.2, 0.25) is 11.8 Å². The zero-order valence-electron chi connectivity index (χ0n) is 27.1. The molecule has 0 unspecified atom stereocenters. The van der Waals surface area contributed by atoms with Gasteiger partial charge in [0.15, 0.2) is 0 Å². The van der Waals surface area contributed by atoms with E-state index >= 15 is 0 Å². The first kappa shape index (κ1) is 32.9. The van der Waals surface area contributed by atoms with Crippen molar-refractivity contribution in [2.24, 2.45) is 0 Å². The molecule has 2 amide bonds. The van der Waals surface area contributed by atoms with Crippen LogP contribution < -0.4 is 4.74 Å². The van der Waals surface area contributed by atoms with Crippen LogP contribution in [0.1, 0.15) is 42.5 Å². The van der Waals surface area contributed by atoms with E-state index in [0.29, 0.717) is 25.9 Å². The van der Waals surface area contributed by atoms with Crippen LogP contribution in [0.5, 0.6) is 5.75 Å². The number of amides is 2. The molecule has 250 valence electrons. The number of fused-ring (bicyclic) bond motifs is 2. The van der Waals surface area contributed by atoms with Crippen molar-refractivity contribution in [3.8, 4) is 5.75 Å². The lowest BCUT2D eigenvalue weighted by molar-refractivity contribution is -0.155. The average molecular weight is 658 g/mol. The highest BCUT2D eigenvalue weighted by atomic mass is 19.4. The lowest BCUT2D eigenvalue weighted by Gasteiger charge is -2.43. The molecular weight excluding hydrogens is 619 g/mol. The lowest BCUT2D eigenvalue weighted by Crippen LogP contribution is -2.57. The van der Waals surface area contributed by atoms with E-state index in [9.17, 15) is 22.8 Å². The summed E-state index contributed by atoms with van der Waals surface area (Å²) in [6, 6.07) is 18.4. The second kappa shape index (κ2) is 13.6. The molecule has 2 N–H and O–H groups in total. The largest absolute Gasteiger partial charge is 0.497 e. The number of halogens is 3. The second-order valence-electron chi connectivity index (χ2n) is 12.1. The molecule has 0 radical (unpaired) electrons. The molecule has 3 aromatic carbocycles. The predicted octanol–water partition coefficient (Wildman–Crippen LogP) is 7.19. The summed E-state index contributed by atoms with van der Waals surface area (Å²) >= 11 is 0. The van der Waals surface area contributed by atoms with Crippen LogP contribution in [0.4, 0.5) is 13.2 Å². The van der Waals surface area contributed by atoms with Gasteiger partial charge in [0, 0.05) is 79.8 Å². The van der Waals surface area contributed by atoms with E-state index in [1.54, 1.807) is 12.1 Å². The topological polar surface area (TPSA) is 84.7 Å². The zero-order chi connectivity index (χ0) is 34.0. The van der Waals surface area contributed by atoms with E-state index in [1.807, 2.05) is 59.9 Å². The fourth-order valence-corrected chi connectivity index (χ4v) is 6.76. The lowest BCUT2D eigenvalue weighted by atomic mass is 9.99. The number of aromatic nitrogens is 2. The molecule has 0 spiro atoms. The molecule has 6 rings (SSSR count). The van der Waals surface area contributed by atoms with Gasteiger partial charge in [-0.15, -0.1) is 0 Å². The Morgan fingerprint density at radius 2 is 1.65 bits per heavy atom. The van der Waals surface area contributed by atoms with Crippen molar-refractivity contribution in [1.82, 2.24) is 24.9 Å². The van der Waals surface area contributed by atoms with Crippen LogP contribution in [0.2, 0.25) is 0 Å². The number of rotatable bonds is 10. The summed E-state index contributed by atoms with van der Waals surface area (Å²) in [5.41, 5.74) is 4.30. The molecule has 3 heterocycles. The van der Waals surface area contributed by atoms with Gasteiger partial charge in [0.25, 0.3) is 0 Å². The summed E-state index contributed by atoms with van der Waals surface area (Å²) < 4.78 is 47.2. The van der Waals surface area contributed by atoms with Crippen molar-refractivity contribution in [1.29, 1.82) is 0 Å². The van der Waals surface area contributed by atoms with Gasteiger partial charge < -0.3 is 19.6 Å². The van der Waals surface area contributed by atoms with Crippen LogP contribution in [0.15, 0.2) is 85.2 Å². The van der Waals surface area contributed by atoms with Crippen molar-refractivity contribution < 1.29 is 27.5 Å². The number of carbonyl (C=O) groups excluding carboxylic acids is 2. The standard InChI is InChI=1S/C37H38F3N5O3/c1-24(46)43(22-27-8-4-6-10-34(27)37(38,39)40)23-29(18-28-20-41-35-11-7-5-9-31(28)35)45(25(2)47)44-16-14-26(15-17-44)33-21-42-36-13-12-30(48-3)19-32(33)36/h4-14,19-21,29,41-42H,15-18,22-23H2,1-3H3/t29-/m1/s1. The minimum absolute atomic E-state index is 0.00123. The number of methoxy groups -OCH3 is 1. The number of ether oxygens (including phenoxy) is 1. The first-order valence-corrected chi connectivity index (χ1v) is 15.9. The van der Waals surface area contributed by atoms with Crippen molar-refractivity contribution in [2.75, 3.05) is 26.7 Å². The smallest absolute Gasteiger partial charge is 0.416 e. The highest BCUT2D eigenvalue weighted by molar-refractivity contribution is 5.93. The third-order valence-electron chi connectivity index (χ3n) is 9.09. The molecule has 0 saturated heterocycles. The normalized spacial score (nSPS) is 14.6. The number of nitrogens with zero attached hydrogens (tertiary/aromatic N) is 3. The number of alkyl halides is 3. The fraction of sp³-hybridized carbons (Fsp3) is 0.297. The molecule has 11 heteroatoms. The molecule has 2 aromatic heterocycles. The fourth-order valence-electron chi connectivity index (χ4n) is 6.76. The third kappa shape index (κ3) is 6.82. The van der Waals surface area contributed by atoms with Crippen molar-refractivity contribution in [3.05, 3.63) is 107 Å². The Morgan fingerprint density at radius 3 is 2.35 bits per heavy atom. The van der Waals surface area contributed by atoms with E-state index in [2.05, 4.69) is 16.0 Å². The van der Waals surface area contributed by atoms with Gasteiger partial charge in [-0.05, 0) is 59.9 Å². The first-order chi connectivity index (χ1) is 23.0. The maximum atomic E-state index is 13.9. The van der Waals surface area contributed by atoms with Crippen molar-refractivity contribution in [2.45, 2.75) is 45.5 Å². The van der Waals surface area contributed by atoms with Crippen LogP contribution >= 0.6 is 0 Å². The Balaban J connectivity index is 1.33. The third-order valence-corrected chi connectivity index (χ3v) is 9.09. The number of hydrogen-bond acceptors (Lipinski definition) is 4. The number of nitrogens with one attached hydrogen (secondary N) is 2. The first-order valence-electron chi connectivity index (χ1n) is 15.9. The SMILES string of the molecule is COc1ccc2[nH]cc(C3=CCN(N(C(C)=O)[C@H](Cc4c[nH]c5ccccc45)CN(Cc4ccccc4C(F)(F)F)C(C)=O)CC3)c2c1. The van der Waals surface area contributed by atoms with Gasteiger partial charge in [0.05, 0.1) is 18.7 Å². The van der Waals surface area contributed by atoms with Gasteiger partial charge in [-0.1, -0.05) is 42.5 Å². The Labute approximate surface area is 276 Å². The molecular formula is C37H38F3N5O3. The Morgan fingerprint density at radius 1 is 0.917 bits per heavy atom. The number of aromatic amines is 2.